The van der Waals surface area contributed by atoms with Crippen LogP contribution in [0.5, 0.6) is 0 Å². The molecule has 0 aromatic heterocycles. The van der Waals surface area contributed by atoms with E-state index in [9.17, 15) is 0 Å². The Morgan fingerprint density at radius 1 is 1.83 bits per heavy atom. The summed E-state index contributed by atoms with van der Waals surface area (Å²) in [6.45, 7) is 7.30. The van der Waals surface area contributed by atoms with Crippen molar-refractivity contribution >= 4 is 10.2 Å². The summed E-state index contributed by atoms with van der Waals surface area (Å²) in [6, 6.07) is 0. The maximum Gasteiger partial charge on any atom is 0.0329 e. The topological polar surface area (TPSA) is 0 Å². The molecule has 0 N–H and O–H groups in total. The van der Waals surface area contributed by atoms with E-state index in [1.54, 1.807) is 0 Å². The van der Waals surface area contributed by atoms with Crippen LogP contribution in [0.4, 0.5) is 0 Å². The molecule has 0 unspecified atom stereocenters. The second-order valence-corrected chi connectivity index (χ2v) is 2.86. The average Bonchev–Trinajstić information content (AvgIpc) is 1.35. The van der Waals surface area contributed by atoms with Crippen LogP contribution in [0.15, 0.2) is 24.4 Å². The van der Waals surface area contributed by atoms with Crippen molar-refractivity contribution in [2.75, 3.05) is 0 Å². The molecule has 0 spiro atoms. The Hall–Kier alpha value is -0.303. The van der Waals surface area contributed by atoms with Gasteiger partial charge in [0, 0.05) is 10.2 Å². The molecule has 1 heteroatoms. The Kier molecular flexibility index (Phi) is 2.76. The molecule has 0 aliphatic heterocycles. The third-order valence-electron chi connectivity index (χ3n) is 0.493. The van der Waals surface area contributed by atoms with E-state index in [0.29, 0.717) is 0 Å². The molecule has 0 fully saturated rings. The smallest absolute Gasteiger partial charge is 0.0329 e. The third kappa shape index (κ3) is 3.70. The summed E-state index contributed by atoms with van der Waals surface area (Å²) in [4.78, 5) is 0. The molecule has 0 atom stereocenters. The first-order valence-electron chi connectivity index (χ1n) is 2.02. The monoisotopic (exact) mass is 98.1 g/mol. The highest BCUT2D eigenvalue weighted by Crippen LogP contribution is 1.87. The summed E-state index contributed by atoms with van der Waals surface area (Å²) in [5.74, 6) is 0. The minimum atomic E-state index is 1.01. The molecule has 0 radical (unpaired) electrons. The lowest BCUT2D eigenvalue weighted by Gasteiger charge is -1.82. The minimum absolute atomic E-state index is 1.01. The number of hydrogen-bond donors (Lipinski definition) is 0. The van der Waals surface area contributed by atoms with Crippen molar-refractivity contribution < 1.29 is 0 Å². The minimum Gasteiger partial charge on any atom is -0.104 e. The number of rotatable bonds is 2. The van der Waals surface area contributed by atoms with Gasteiger partial charge >= 0.3 is 0 Å². The van der Waals surface area contributed by atoms with E-state index in [2.05, 4.69) is 13.2 Å². The zero-order valence-corrected chi connectivity index (χ0v) is 6.20. The maximum atomic E-state index is 3.74. The third-order valence-corrected chi connectivity index (χ3v) is 0.901. The van der Waals surface area contributed by atoms with Gasteiger partial charge in [-0.2, -0.15) is 0 Å². The van der Waals surface area contributed by atoms with Gasteiger partial charge in [0.2, 0.25) is 0 Å². The van der Waals surface area contributed by atoms with Crippen molar-refractivity contribution in [3.63, 3.8) is 0 Å². The van der Waals surface area contributed by atoms with E-state index in [0.717, 1.165) is 16.7 Å². The van der Waals surface area contributed by atoms with Gasteiger partial charge in [-0.05, 0) is 6.42 Å². The molecule has 0 heterocycles. The average molecular weight is 98.2 g/mol. The van der Waals surface area contributed by atoms with Crippen LogP contribution in [0, 0.1) is 0 Å². The molecule has 0 rings (SSSR count). The zero-order valence-electron chi connectivity index (χ0n) is 4.20. The van der Waals surface area contributed by atoms with Crippen LogP contribution in [-0.4, -0.2) is 10.2 Å². The van der Waals surface area contributed by atoms with E-state index in [-0.39, 0.29) is 0 Å². The van der Waals surface area contributed by atoms with Crippen LogP contribution in [0.3, 0.4) is 0 Å². The molecular formula is C5H10Si. The highest BCUT2D eigenvalue weighted by atomic mass is 28.1. The van der Waals surface area contributed by atoms with Crippen molar-refractivity contribution in [1.82, 2.24) is 0 Å². The quantitative estimate of drug-likeness (QED) is 0.347. The second kappa shape index (κ2) is 2.91. The van der Waals surface area contributed by atoms with Crippen molar-refractivity contribution in [3.05, 3.63) is 24.4 Å². The van der Waals surface area contributed by atoms with Gasteiger partial charge in [0.15, 0.2) is 0 Å². The number of hydrogen-bond acceptors (Lipinski definition) is 0. The highest BCUT2D eigenvalue weighted by Gasteiger charge is 1.71. The van der Waals surface area contributed by atoms with Crippen molar-refractivity contribution in [2.45, 2.75) is 6.42 Å². The fraction of sp³-hybridized carbons (Fsp3) is 0.200. The molecule has 6 heavy (non-hydrogen) atoms. The van der Waals surface area contributed by atoms with Gasteiger partial charge in [0.05, 0.1) is 0 Å². The summed E-state index contributed by atoms with van der Waals surface area (Å²) in [5, 5.41) is 1.31. The second-order valence-electron chi connectivity index (χ2n) is 1.45. The van der Waals surface area contributed by atoms with Crippen LogP contribution in [0.1, 0.15) is 6.42 Å². The SMILES string of the molecule is C=CCC(=C)[SiH3]. The predicted octanol–water partition coefficient (Wildman–Crippen LogP) is 0.442. The van der Waals surface area contributed by atoms with E-state index < -0.39 is 0 Å². The predicted molar refractivity (Wildman–Crippen MR) is 33.9 cm³/mol. The fourth-order valence-electron chi connectivity index (χ4n) is 0.246. The standard InChI is InChI=1S/C5H10Si/c1-3-4-5(2)6/h3H,1-2,4H2,6H3. The number of allylic oxidation sites excluding steroid dienone is 2. The van der Waals surface area contributed by atoms with Crippen LogP contribution >= 0.6 is 0 Å². The molecule has 0 aliphatic carbocycles. The van der Waals surface area contributed by atoms with Crippen molar-refractivity contribution in [1.29, 1.82) is 0 Å². The van der Waals surface area contributed by atoms with Crippen molar-refractivity contribution in [3.8, 4) is 0 Å². The lowest BCUT2D eigenvalue weighted by atomic mass is 10.4. The Morgan fingerprint density at radius 2 is 2.33 bits per heavy atom. The maximum absolute atomic E-state index is 3.74. The fourth-order valence-corrected chi connectivity index (χ4v) is 0.535. The van der Waals surface area contributed by atoms with Gasteiger partial charge < -0.3 is 0 Å². The van der Waals surface area contributed by atoms with E-state index in [1.165, 1.54) is 5.20 Å². The first-order chi connectivity index (χ1) is 2.77. The van der Waals surface area contributed by atoms with Gasteiger partial charge in [-0.3, -0.25) is 0 Å². The van der Waals surface area contributed by atoms with Gasteiger partial charge in [-0.15, -0.1) is 13.2 Å². The Bertz CT molecular complexity index is 64.3. The van der Waals surface area contributed by atoms with Crippen LogP contribution in [-0.2, 0) is 0 Å². The molecule has 34 valence electrons. The van der Waals surface area contributed by atoms with Crippen LogP contribution < -0.4 is 0 Å². The molecule has 0 bridgehead atoms. The highest BCUT2D eigenvalue weighted by molar-refractivity contribution is 6.21. The lowest BCUT2D eigenvalue weighted by molar-refractivity contribution is 1.38. The van der Waals surface area contributed by atoms with Crippen LogP contribution in [0.25, 0.3) is 0 Å². The first kappa shape index (κ1) is 5.70. The van der Waals surface area contributed by atoms with Gasteiger partial charge in [0.25, 0.3) is 0 Å². The zero-order chi connectivity index (χ0) is 4.99. The Labute approximate surface area is 42.0 Å². The Morgan fingerprint density at radius 3 is 2.33 bits per heavy atom. The lowest BCUT2D eigenvalue weighted by Crippen LogP contribution is -1.70. The first-order valence-corrected chi connectivity index (χ1v) is 3.02. The van der Waals surface area contributed by atoms with Gasteiger partial charge in [-0.25, -0.2) is 0 Å². The summed E-state index contributed by atoms with van der Waals surface area (Å²) >= 11 is 0. The molecule has 0 aromatic carbocycles. The molecule has 0 saturated carbocycles. The summed E-state index contributed by atoms with van der Waals surface area (Å²) in [5.41, 5.74) is 0. The van der Waals surface area contributed by atoms with Gasteiger partial charge in [-0.1, -0.05) is 11.3 Å². The molecule has 0 amide bonds. The summed E-state index contributed by atoms with van der Waals surface area (Å²) in [7, 11) is 1.11. The van der Waals surface area contributed by atoms with E-state index in [4.69, 9.17) is 0 Å². The Balaban J connectivity index is 3.05. The molecular weight excluding hydrogens is 88.1 g/mol. The molecule has 0 aliphatic rings. The molecule has 0 saturated heterocycles. The van der Waals surface area contributed by atoms with Crippen molar-refractivity contribution in [2.24, 2.45) is 0 Å². The normalized spacial score (nSPS) is 8.00. The molecule has 0 aromatic rings. The largest absolute Gasteiger partial charge is 0.104 e. The van der Waals surface area contributed by atoms with Crippen LogP contribution in [0.2, 0.25) is 0 Å². The van der Waals surface area contributed by atoms with E-state index in [1.807, 2.05) is 6.08 Å². The van der Waals surface area contributed by atoms with E-state index >= 15 is 0 Å². The van der Waals surface area contributed by atoms with Gasteiger partial charge in [0.1, 0.15) is 0 Å². The summed E-state index contributed by atoms with van der Waals surface area (Å²) in [6.07, 6.45) is 2.89. The summed E-state index contributed by atoms with van der Waals surface area (Å²) < 4.78 is 0. The molecule has 0 nitrogen and oxygen atoms in total.